The smallest absolute Gasteiger partial charge is 0.0611 e. The van der Waals surface area contributed by atoms with Gasteiger partial charge in [0.25, 0.3) is 0 Å². The summed E-state index contributed by atoms with van der Waals surface area (Å²) < 4.78 is 6.10. The molecule has 0 aliphatic carbocycles. The molecule has 1 fully saturated rings. The van der Waals surface area contributed by atoms with E-state index in [1.807, 2.05) is 27.7 Å². The van der Waals surface area contributed by atoms with Gasteiger partial charge in [0.15, 0.2) is 0 Å². The molecule has 1 rings (SSSR count). The number of hydrogen-bond acceptors (Lipinski definition) is 2. The number of hydroxylamine groups is 2. The molecule has 3 heteroatoms. The Morgan fingerprint density at radius 1 is 0.826 bits per heavy atom. The first-order valence-electron chi connectivity index (χ1n) is 9.88. The van der Waals surface area contributed by atoms with Crippen LogP contribution in [0.2, 0.25) is 0 Å². The average molecular weight is 327 g/mol. The Labute approximate surface area is 144 Å². The molecule has 0 amide bonds. The van der Waals surface area contributed by atoms with Crippen molar-refractivity contribution in [1.29, 1.82) is 0 Å². The molecule has 0 unspecified atom stereocenters. The minimum absolute atomic E-state index is 0.235. The van der Waals surface area contributed by atoms with Crippen molar-refractivity contribution < 1.29 is 9.94 Å². The summed E-state index contributed by atoms with van der Waals surface area (Å²) in [5, 5.41) is 13.6. The van der Waals surface area contributed by atoms with Crippen LogP contribution in [0.5, 0.6) is 0 Å². The third-order valence-electron chi connectivity index (χ3n) is 5.16. The average Bonchev–Trinajstić information content (AvgIpc) is 2.46. The summed E-state index contributed by atoms with van der Waals surface area (Å²) in [6.45, 7) is 11.3. The molecule has 0 aromatic rings. The van der Waals surface area contributed by atoms with Crippen LogP contribution < -0.4 is 0 Å². The number of ether oxygens (including phenoxy) is 1. The number of nitrogens with zero attached hydrogens (tertiary/aromatic N) is 1. The molecule has 0 N–H and O–H groups in total. The van der Waals surface area contributed by atoms with Gasteiger partial charge in [-0.1, -0.05) is 58.3 Å². The van der Waals surface area contributed by atoms with Crippen molar-refractivity contribution in [1.82, 2.24) is 5.06 Å². The van der Waals surface area contributed by atoms with Crippen molar-refractivity contribution >= 4 is 0 Å². The molecule has 0 aromatic heterocycles. The Morgan fingerprint density at radius 3 is 1.74 bits per heavy atom. The van der Waals surface area contributed by atoms with Gasteiger partial charge < -0.3 is 4.74 Å². The maximum absolute atomic E-state index is 12.3. The second-order valence-electron chi connectivity index (χ2n) is 8.65. The first-order valence-corrected chi connectivity index (χ1v) is 9.88. The molecule has 1 aliphatic heterocycles. The van der Waals surface area contributed by atoms with E-state index in [1.54, 1.807) is 0 Å². The highest BCUT2D eigenvalue weighted by molar-refractivity contribution is 4.96. The van der Waals surface area contributed by atoms with Crippen LogP contribution in [0.4, 0.5) is 0 Å². The molecule has 1 radical (unpaired) electrons. The SMILES string of the molecule is CCCCCCCCCCCOC1CC(C)(C)N([O])C(C)(C)C1. The highest BCUT2D eigenvalue weighted by atomic mass is 16.5. The van der Waals surface area contributed by atoms with Gasteiger partial charge in [-0.15, -0.1) is 10.3 Å². The molecular weight excluding hydrogens is 286 g/mol. The van der Waals surface area contributed by atoms with Gasteiger partial charge in [0.05, 0.1) is 6.10 Å². The minimum atomic E-state index is -0.315. The van der Waals surface area contributed by atoms with Crippen LogP contribution in [0.15, 0.2) is 0 Å². The lowest BCUT2D eigenvalue weighted by atomic mass is 9.80. The summed E-state index contributed by atoms with van der Waals surface area (Å²) in [4.78, 5) is 0. The zero-order valence-corrected chi connectivity index (χ0v) is 16.3. The first-order chi connectivity index (χ1) is 10.8. The number of piperidine rings is 1. The van der Waals surface area contributed by atoms with Crippen molar-refractivity contribution in [2.75, 3.05) is 6.61 Å². The van der Waals surface area contributed by atoms with Gasteiger partial charge >= 0.3 is 0 Å². The van der Waals surface area contributed by atoms with Crippen molar-refractivity contribution in [3.8, 4) is 0 Å². The van der Waals surface area contributed by atoms with E-state index in [4.69, 9.17) is 4.74 Å². The lowest BCUT2D eigenvalue weighted by molar-refractivity contribution is -0.301. The van der Waals surface area contributed by atoms with Crippen molar-refractivity contribution in [3.63, 3.8) is 0 Å². The van der Waals surface area contributed by atoms with Gasteiger partial charge in [0.1, 0.15) is 0 Å². The van der Waals surface area contributed by atoms with Gasteiger partial charge in [-0.05, 0) is 47.0 Å². The normalized spacial score (nSPS) is 21.7. The van der Waals surface area contributed by atoms with Crippen LogP contribution in [0.25, 0.3) is 0 Å². The summed E-state index contributed by atoms with van der Waals surface area (Å²) in [5.74, 6) is 0. The first kappa shape index (κ1) is 20.9. The van der Waals surface area contributed by atoms with Crippen LogP contribution in [-0.4, -0.2) is 28.9 Å². The molecule has 0 saturated carbocycles. The predicted molar refractivity (Wildman–Crippen MR) is 96.9 cm³/mol. The van der Waals surface area contributed by atoms with Crippen molar-refractivity contribution in [2.24, 2.45) is 0 Å². The van der Waals surface area contributed by atoms with E-state index in [0.717, 1.165) is 25.9 Å². The number of unbranched alkanes of at least 4 members (excludes halogenated alkanes) is 8. The Bertz CT molecular complexity index is 297. The Morgan fingerprint density at radius 2 is 1.26 bits per heavy atom. The van der Waals surface area contributed by atoms with Crippen LogP contribution in [0.3, 0.4) is 0 Å². The molecule has 1 aliphatic rings. The van der Waals surface area contributed by atoms with E-state index in [-0.39, 0.29) is 17.2 Å². The molecular formula is C20H40NO2. The lowest BCUT2D eigenvalue weighted by Crippen LogP contribution is -2.59. The molecule has 1 saturated heterocycles. The predicted octanol–water partition coefficient (Wildman–Crippen LogP) is 5.90. The van der Waals surface area contributed by atoms with Crippen molar-refractivity contribution in [3.05, 3.63) is 0 Å². The zero-order chi connectivity index (χ0) is 17.3. The summed E-state index contributed by atoms with van der Waals surface area (Å²) in [6.07, 6.45) is 14.0. The molecule has 0 atom stereocenters. The highest BCUT2D eigenvalue weighted by Crippen LogP contribution is 2.38. The van der Waals surface area contributed by atoms with Gasteiger partial charge in [-0.25, -0.2) is 0 Å². The van der Waals surface area contributed by atoms with E-state index >= 15 is 0 Å². The summed E-state index contributed by atoms with van der Waals surface area (Å²) in [7, 11) is 0. The lowest BCUT2D eigenvalue weighted by Gasteiger charge is -2.49. The summed E-state index contributed by atoms with van der Waals surface area (Å²) >= 11 is 0. The molecule has 0 spiro atoms. The maximum atomic E-state index is 12.3. The molecule has 23 heavy (non-hydrogen) atoms. The zero-order valence-electron chi connectivity index (χ0n) is 16.3. The topological polar surface area (TPSA) is 32.4 Å². The standard InChI is InChI=1S/C20H40NO2/c1-6-7-8-9-10-11-12-13-14-15-23-18-16-19(2,3)21(22)20(4,5)17-18/h18H,6-17H2,1-5H3. The van der Waals surface area contributed by atoms with Crippen LogP contribution in [0.1, 0.15) is 105 Å². The number of rotatable bonds is 11. The second kappa shape index (κ2) is 10.0. The van der Waals surface area contributed by atoms with E-state index in [9.17, 15) is 5.21 Å². The molecule has 137 valence electrons. The fourth-order valence-corrected chi connectivity index (χ4v) is 3.95. The Hall–Kier alpha value is -0.120. The largest absolute Gasteiger partial charge is 0.378 e. The fraction of sp³-hybridized carbons (Fsp3) is 1.00. The van der Waals surface area contributed by atoms with E-state index in [2.05, 4.69) is 6.92 Å². The van der Waals surface area contributed by atoms with Gasteiger partial charge in [0.2, 0.25) is 0 Å². The highest BCUT2D eigenvalue weighted by Gasteiger charge is 2.46. The van der Waals surface area contributed by atoms with Crippen LogP contribution in [-0.2, 0) is 9.94 Å². The fourth-order valence-electron chi connectivity index (χ4n) is 3.95. The van der Waals surface area contributed by atoms with Crippen LogP contribution in [0, 0.1) is 0 Å². The molecule has 1 heterocycles. The summed E-state index contributed by atoms with van der Waals surface area (Å²) in [5.41, 5.74) is -0.629. The third kappa shape index (κ3) is 7.53. The van der Waals surface area contributed by atoms with Gasteiger partial charge in [0, 0.05) is 17.7 Å². The molecule has 3 nitrogen and oxygen atoms in total. The Balaban J connectivity index is 2.08. The van der Waals surface area contributed by atoms with Crippen LogP contribution >= 0.6 is 0 Å². The summed E-state index contributed by atoms with van der Waals surface area (Å²) in [6, 6.07) is 0. The van der Waals surface area contributed by atoms with E-state index < -0.39 is 0 Å². The Kier molecular flexibility index (Phi) is 9.10. The maximum Gasteiger partial charge on any atom is 0.0611 e. The van der Waals surface area contributed by atoms with Gasteiger partial charge in [-0.2, -0.15) is 0 Å². The monoisotopic (exact) mass is 326 g/mol. The van der Waals surface area contributed by atoms with Crippen molar-refractivity contribution in [2.45, 2.75) is 122 Å². The molecule has 0 bridgehead atoms. The third-order valence-corrected chi connectivity index (χ3v) is 5.16. The molecule has 0 aromatic carbocycles. The quantitative estimate of drug-likeness (QED) is 0.443. The second-order valence-corrected chi connectivity index (χ2v) is 8.65. The minimum Gasteiger partial charge on any atom is -0.378 e. The van der Waals surface area contributed by atoms with E-state index in [1.165, 1.54) is 56.4 Å². The van der Waals surface area contributed by atoms with E-state index in [0.29, 0.717) is 0 Å². The number of hydrogen-bond donors (Lipinski definition) is 0. The van der Waals surface area contributed by atoms with Gasteiger partial charge in [-0.3, -0.25) is 0 Å².